The van der Waals surface area contributed by atoms with Gasteiger partial charge in [0.05, 0.1) is 4.99 Å². The van der Waals surface area contributed by atoms with Gasteiger partial charge in [-0.1, -0.05) is 28.1 Å². The van der Waals surface area contributed by atoms with Crippen LogP contribution in [-0.2, 0) is 6.54 Å². The maximum atomic E-state index is 13.7. The number of nitrogens with two attached hydrogens (primary N) is 1. The zero-order chi connectivity index (χ0) is 13.1. The van der Waals surface area contributed by atoms with E-state index in [1.165, 1.54) is 6.07 Å². The molecule has 1 heterocycles. The van der Waals surface area contributed by atoms with Gasteiger partial charge in [0.2, 0.25) is 0 Å². The minimum atomic E-state index is -0.157. The van der Waals surface area contributed by atoms with Crippen LogP contribution >= 0.6 is 28.1 Å². The molecule has 0 radical (unpaired) electrons. The number of rotatable bonds is 3. The van der Waals surface area contributed by atoms with Gasteiger partial charge in [-0.15, -0.1) is 0 Å². The van der Waals surface area contributed by atoms with E-state index in [2.05, 4.69) is 20.8 Å². The standard InChI is InChI=1S/C13H16BrFN2S/c14-11-3-4-12(15)10(6-11)8-17-5-1-2-9(7-17)13(16)18/h3-4,6,9H,1-2,5,7-8H2,(H2,16,18). The number of hydrogen-bond acceptors (Lipinski definition) is 2. The quantitative estimate of drug-likeness (QED) is 0.863. The van der Waals surface area contributed by atoms with Gasteiger partial charge in [0, 0.05) is 29.0 Å². The van der Waals surface area contributed by atoms with Crippen molar-refractivity contribution >= 4 is 33.1 Å². The van der Waals surface area contributed by atoms with Gasteiger partial charge in [-0.2, -0.15) is 0 Å². The molecule has 0 saturated carbocycles. The van der Waals surface area contributed by atoms with Crippen LogP contribution in [0, 0.1) is 11.7 Å². The maximum Gasteiger partial charge on any atom is 0.127 e. The highest BCUT2D eigenvalue weighted by molar-refractivity contribution is 9.10. The molecule has 1 aromatic carbocycles. The van der Waals surface area contributed by atoms with E-state index in [9.17, 15) is 4.39 Å². The molecule has 5 heteroatoms. The van der Waals surface area contributed by atoms with Crippen LogP contribution in [0.2, 0.25) is 0 Å². The average Bonchev–Trinajstić information content (AvgIpc) is 2.34. The molecule has 18 heavy (non-hydrogen) atoms. The summed E-state index contributed by atoms with van der Waals surface area (Å²) in [6, 6.07) is 5.04. The molecule has 1 fully saturated rings. The second kappa shape index (κ2) is 6.08. The molecule has 0 spiro atoms. The van der Waals surface area contributed by atoms with Crippen molar-refractivity contribution in [1.82, 2.24) is 4.90 Å². The van der Waals surface area contributed by atoms with Gasteiger partial charge in [0.15, 0.2) is 0 Å². The molecule has 1 aliphatic rings. The molecule has 1 atom stereocenters. The van der Waals surface area contributed by atoms with Gasteiger partial charge in [0.1, 0.15) is 5.82 Å². The molecule has 0 amide bonds. The Morgan fingerprint density at radius 1 is 1.56 bits per heavy atom. The number of benzene rings is 1. The Hall–Kier alpha value is -0.520. The van der Waals surface area contributed by atoms with E-state index < -0.39 is 0 Å². The number of hydrogen-bond donors (Lipinski definition) is 1. The summed E-state index contributed by atoms with van der Waals surface area (Å²) in [4.78, 5) is 2.80. The molecule has 1 unspecified atom stereocenters. The van der Waals surface area contributed by atoms with Gasteiger partial charge < -0.3 is 5.73 Å². The minimum absolute atomic E-state index is 0.157. The van der Waals surface area contributed by atoms with Crippen LogP contribution in [0.15, 0.2) is 22.7 Å². The lowest BCUT2D eigenvalue weighted by Gasteiger charge is -2.32. The first-order valence-corrected chi connectivity index (χ1v) is 7.22. The van der Waals surface area contributed by atoms with Crippen molar-refractivity contribution < 1.29 is 4.39 Å². The highest BCUT2D eigenvalue weighted by atomic mass is 79.9. The Morgan fingerprint density at radius 2 is 2.33 bits per heavy atom. The summed E-state index contributed by atoms with van der Waals surface area (Å²) >= 11 is 8.42. The number of thiocarbonyl (C=S) groups is 1. The van der Waals surface area contributed by atoms with Crippen molar-refractivity contribution in [2.45, 2.75) is 19.4 Å². The average molecular weight is 331 g/mol. The first kappa shape index (κ1) is 13.9. The van der Waals surface area contributed by atoms with Gasteiger partial charge in [0.25, 0.3) is 0 Å². The number of nitrogens with zero attached hydrogens (tertiary/aromatic N) is 1. The van der Waals surface area contributed by atoms with Crippen molar-refractivity contribution in [3.63, 3.8) is 0 Å². The summed E-state index contributed by atoms with van der Waals surface area (Å²) in [5, 5.41) is 0. The van der Waals surface area contributed by atoms with Gasteiger partial charge in [-0.05, 0) is 37.6 Å². The molecule has 0 aliphatic carbocycles. The summed E-state index contributed by atoms with van der Waals surface area (Å²) in [6.45, 7) is 2.43. The second-order valence-electron chi connectivity index (χ2n) is 4.71. The van der Waals surface area contributed by atoms with Crippen molar-refractivity contribution in [3.05, 3.63) is 34.1 Å². The second-order valence-corrected chi connectivity index (χ2v) is 6.10. The van der Waals surface area contributed by atoms with E-state index >= 15 is 0 Å². The van der Waals surface area contributed by atoms with Crippen LogP contribution in [0.3, 0.4) is 0 Å². The third kappa shape index (κ3) is 3.49. The van der Waals surface area contributed by atoms with E-state index in [-0.39, 0.29) is 11.7 Å². The lowest BCUT2D eigenvalue weighted by Crippen LogP contribution is -2.40. The number of piperidine rings is 1. The minimum Gasteiger partial charge on any atom is -0.393 e. The van der Waals surface area contributed by atoms with Crippen LogP contribution in [0.5, 0.6) is 0 Å². The third-order valence-electron chi connectivity index (χ3n) is 3.31. The molecule has 1 aliphatic heterocycles. The zero-order valence-electron chi connectivity index (χ0n) is 10.0. The van der Waals surface area contributed by atoms with E-state index in [4.69, 9.17) is 18.0 Å². The Bertz CT molecular complexity index is 453. The molecule has 98 valence electrons. The van der Waals surface area contributed by atoms with Crippen molar-refractivity contribution in [2.75, 3.05) is 13.1 Å². The molecule has 1 saturated heterocycles. The normalized spacial score (nSPS) is 20.9. The molecule has 0 bridgehead atoms. The lowest BCUT2D eigenvalue weighted by molar-refractivity contribution is 0.195. The fraction of sp³-hybridized carbons (Fsp3) is 0.462. The predicted molar refractivity (Wildman–Crippen MR) is 78.9 cm³/mol. The van der Waals surface area contributed by atoms with Crippen LogP contribution in [0.25, 0.3) is 0 Å². The SMILES string of the molecule is NC(=S)C1CCCN(Cc2cc(Br)ccc2F)C1. The first-order valence-electron chi connectivity index (χ1n) is 6.02. The van der Waals surface area contributed by atoms with Crippen LogP contribution in [0.4, 0.5) is 4.39 Å². The molecular weight excluding hydrogens is 315 g/mol. The summed E-state index contributed by atoms with van der Waals surface area (Å²) in [5.41, 5.74) is 6.42. The summed E-state index contributed by atoms with van der Waals surface area (Å²) in [6.07, 6.45) is 2.12. The molecule has 1 aromatic rings. The topological polar surface area (TPSA) is 29.3 Å². The van der Waals surface area contributed by atoms with Gasteiger partial charge >= 0.3 is 0 Å². The van der Waals surface area contributed by atoms with E-state index in [1.807, 2.05) is 6.07 Å². The largest absolute Gasteiger partial charge is 0.393 e. The smallest absolute Gasteiger partial charge is 0.127 e. The van der Waals surface area contributed by atoms with E-state index in [1.54, 1.807) is 6.07 Å². The monoisotopic (exact) mass is 330 g/mol. The fourth-order valence-electron chi connectivity index (χ4n) is 2.34. The number of likely N-dealkylation sites (tertiary alicyclic amines) is 1. The predicted octanol–water partition coefficient (Wildman–Crippen LogP) is 3.09. The van der Waals surface area contributed by atoms with Crippen molar-refractivity contribution in [3.8, 4) is 0 Å². The Kier molecular flexibility index (Phi) is 4.70. The van der Waals surface area contributed by atoms with Crippen LogP contribution in [0.1, 0.15) is 18.4 Å². The van der Waals surface area contributed by atoms with E-state index in [0.717, 1.165) is 30.4 Å². The fourth-order valence-corrected chi connectivity index (χ4v) is 2.94. The summed E-state index contributed by atoms with van der Waals surface area (Å²) in [7, 11) is 0. The molecular formula is C13H16BrFN2S. The molecule has 2 rings (SSSR count). The molecule has 2 nitrogen and oxygen atoms in total. The molecule has 2 N–H and O–H groups in total. The zero-order valence-corrected chi connectivity index (χ0v) is 12.4. The summed E-state index contributed by atoms with van der Waals surface area (Å²) in [5.74, 6) is 0.111. The Morgan fingerprint density at radius 3 is 3.06 bits per heavy atom. The van der Waals surface area contributed by atoms with Crippen LogP contribution < -0.4 is 5.73 Å². The lowest BCUT2D eigenvalue weighted by atomic mass is 9.97. The van der Waals surface area contributed by atoms with Gasteiger partial charge in [-0.25, -0.2) is 4.39 Å². The first-order chi connectivity index (χ1) is 8.56. The Labute approximate surface area is 120 Å². The Balaban J connectivity index is 2.04. The molecule has 0 aromatic heterocycles. The van der Waals surface area contributed by atoms with E-state index in [0.29, 0.717) is 17.1 Å². The van der Waals surface area contributed by atoms with Crippen LogP contribution in [-0.4, -0.2) is 23.0 Å². The number of halogens is 2. The summed E-state index contributed by atoms with van der Waals surface area (Å²) < 4.78 is 14.6. The van der Waals surface area contributed by atoms with Crippen molar-refractivity contribution in [2.24, 2.45) is 11.7 Å². The maximum absolute atomic E-state index is 13.7. The highest BCUT2D eigenvalue weighted by Gasteiger charge is 2.22. The van der Waals surface area contributed by atoms with Crippen molar-refractivity contribution in [1.29, 1.82) is 0 Å². The third-order valence-corrected chi connectivity index (χ3v) is 4.14. The van der Waals surface area contributed by atoms with Gasteiger partial charge in [-0.3, -0.25) is 4.90 Å². The highest BCUT2D eigenvalue weighted by Crippen LogP contribution is 2.21.